The van der Waals surface area contributed by atoms with E-state index in [1.54, 1.807) is 0 Å². The second-order valence-electron chi connectivity index (χ2n) is 4.85. The third-order valence-electron chi connectivity index (χ3n) is 2.76. The maximum absolute atomic E-state index is 4.55. The van der Waals surface area contributed by atoms with E-state index in [2.05, 4.69) is 46.6 Å². The van der Waals surface area contributed by atoms with Crippen molar-refractivity contribution < 1.29 is 0 Å². The molecule has 0 amide bonds. The molecule has 2 aromatic rings. The predicted octanol–water partition coefficient (Wildman–Crippen LogP) is 1.85. The molecule has 7 heteroatoms. The SMILES string of the molecule is CCNC(=NCCc1nnc2ccccn12)NC(C)C.I. The molecule has 0 aliphatic heterocycles. The topological polar surface area (TPSA) is 66.6 Å². The molecule has 0 aliphatic rings. The predicted molar refractivity (Wildman–Crippen MR) is 96.4 cm³/mol. The van der Waals surface area contributed by atoms with Crippen LogP contribution in [0.2, 0.25) is 0 Å². The Balaban J connectivity index is 0.00000220. The van der Waals surface area contributed by atoms with Crippen molar-refractivity contribution in [1.29, 1.82) is 0 Å². The molecule has 0 spiro atoms. The molecule has 0 unspecified atom stereocenters. The van der Waals surface area contributed by atoms with Crippen molar-refractivity contribution in [1.82, 2.24) is 25.2 Å². The van der Waals surface area contributed by atoms with E-state index >= 15 is 0 Å². The Hall–Kier alpha value is -1.38. The quantitative estimate of drug-likeness (QED) is 0.455. The molecule has 0 bridgehead atoms. The highest BCUT2D eigenvalue weighted by molar-refractivity contribution is 14.0. The maximum Gasteiger partial charge on any atom is 0.191 e. The molecule has 2 heterocycles. The zero-order valence-electron chi connectivity index (χ0n) is 12.7. The molecule has 0 saturated carbocycles. The van der Waals surface area contributed by atoms with Crippen LogP contribution >= 0.6 is 24.0 Å². The summed E-state index contributed by atoms with van der Waals surface area (Å²) in [4.78, 5) is 4.55. The number of halogens is 1. The monoisotopic (exact) mass is 402 g/mol. The lowest BCUT2D eigenvalue weighted by Gasteiger charge is -2.13. The molecule has 0 radical (unpaired) electrons. The lowest BCUT2D eigenvalue weighted by molar-refractivity contribution is 0.698. The second kappa shape index (κ2) is 8.81. The van der Waals surface area contributed by atoms with Crippen LogP contribution in [0.3, 0.4) is 0 Å². The normalized spacial score (nSPS) is 11.5. The third kappa shape index (κ3) is 5.14. The first-order valence-electron chi connectivity index (χ1n) is 7.04. The Morgan fingerprint density at radius 2 is 2.14 bits per heavy atom. The molecule has 2 rings (SSSR count). The van der Waals surface area contributed by atoms with Gasteiger partial charge in [-0.25, -0.2) is 0 Å². The van der Waals surface area contributed by atoms with E-state index in [-0.39, 0.29) is 24.0 Å². The minimum atomic E-state index is 0. The largest absolute Gasteiger partial charge is 0.357 e. The fraction of sp³-hybridized carbons (Fsp3) is 0.500. The van der Waals surface area contributed by atoms with Gasteiger partial charge < -0.3 is 10.6 Å². The Labute approximate surface area is 142 Å². The molecule has 0 saturated heterocycles. The van der Waals surface area contributed by atoms with Gasteiger partial charge in [-0.2, -0.15) is 0 Å². The zero-order valence-corrected chi connectivity index (χ0v) is 15.0. The van der Waals surface area contributed by atoms with Crippen LogP contribution in [0, 0.1) is 0 Å². The number of fused-ring (bicyclic) bond motifs is 1. The molecular weight excluding hydrogens is 379 g/mol. The molecule has 2 aromatic heterocycles. The van der Waals surface area contributed by atoms with E-state index in [4.69, 9.17) is 0 Å². The van der Waals surface area contributed by atoms with Gasteiger partial charge in [-0.1, -0.05) is 6.07 Å². The number of rotatable bonds is 5. The van der Waals surface area contributed by atoms with Gasteiger partial charge in [-0.05, 0) is 32.9 Å². The van der Waals surface area contributed by atoms with Crippen LogP contribution in [0.15, 0.2) is 29.4 Å². The zero-order chi connectivity index (χ0) is 14.4. The molecule has 21 heavy (non-hydrogen) atoms. The van der Waals surface area contributed by atoms with E-state index in [1.165, 1.54) is 0 Å². The first-order chi connectivity index (χ1) is 9.70. The molecular formula is C14H23IN6. The summed E-state index contributed by atoms with van der Waals surface area (Å²) in [5.74, 6) is 1.78. The van der Waals surface area contributed by atoms with E-state index in [0.717, 1.165) is 30.4 Å². The first-order valence-corrected chi connectivity index (χ1v) is 7.04. The van der Waals surface area contributed by atoms with Gasteiger partial charge in [-0.15, -0.1) is 34.2 Å². The van der Waals surface area contributed by atoms with Gasteiger partial charge in [0.15, 0.2) is 11.6 Å². The summed E-state index contributed by atoms with van der Waals surface area (Å²) < 4.78 is 2.00. The molecule has 0 atom stereocenters. The summed E-state index contributed by atoms with van der Waals surface area (Å²) in [6.07, 6.45) is 2.74. The van der Waals surface area contributed by atoms with Crippen LogP contribution in [-0.4, -0.2) is 39.7 Å². The van der Waals surface area contributed by atoms with E-state index in [0.29, 0.717) is 12.6 Å². The van der Waals surface area contributed by atoms with Gasteiger partial charge in [0.25, 0.3) is 0 Å². The van der Waals surface area contributed by atoms with E-state index < -0.39 is 0 Å². The Bertz CT molecular complexity index is 578. The number of guanidine groups is 1. The number of hydrogen-bond donors (Lipinski definition) is 2. The second-order valence-corrected chi connectivity index (χ2v) is 4.85. The van der Waals surface area contributed by atoms with Crippen molar-refractivity contribution in [3.63, 3.8) is 0 Å². The molecule has 6 nitrogen and oxygen atoms in total. The van der Waals surface area contributed by atoms with E-state index in [9.17, 15) is 0 Å². The number of pyridine rings is 1. The van der Waals surface area contributed by atoms with Gasteiger partial charge in [0.1, 0.15) is 5.82 Å². The van der Waals surface area contributed by atoms with Crippen LogP contribution in [0.25, 0.3) is 5.65 Å². The van der Waals surface area contributed by atoms with Crippen LogP contribution in [0.5, 0.6) is 0 Å². The highest BCUT2D eigenvalue weighted by atomic mass is 127. The maximum atomic E-state index is 4.55. The van der Waals surface area contributed by atoms with Gasteiger partial charge in [0, 0.05) is 31.7 Å². The van der Waals surface area contributed by atoms with Crippen molar-refractivity contribution >= 4 is 35.6 Å². The van der Waals surface area contributed by atoms with Gasteiger partial charge in [0.2, 0.25) is 0 Å². The van der Waals surface area contributed by atoms with Crippen molar-refractivity contribution in [2.45, 2.75) is 33.2 Å². The molecule has 116 valence electrons. The van der Waals surface area contributed by atoms with Gasteiger partial charge >= 0.3 is 0 Å². The summed E-state index contributed by atoms with van der Waals surface area (Å²) in [5.41, 5.74) is 0.874. The highest BCUT2D eigenvalue weighted by Crippen LogP contribution is 2.03. The number of aliphatic imine (C=N–C) groups is 1. The summed E-state index contributed by atoms with van der Waals surface area (Å²) in [5, 5.41) is 14.9. The smallest absolute Gasteiger partial charge is 0.191 e. The standard InChI is InChI=1S/C14H22N6.HI/c1-4-15-14(17-11(2)3)16-9-8-13-19-18-12-7-5-6-10-20(12)13;/h5-7,10-11H,4,8-9H2,1-3H3,(H2,15,16,17);1H. The van der Waals surface area contributed by atoms with Crippen molar-refractivity contribution in [3.8, 4) is 0 Å². The lowest BCUT2D eigenvalue weighted by Crippen LogP contribution is -2.41. The first kappa shape index (κ1) is 17.7. The van der Waals surface area contributed by atoms with Crippen LogP contribution in [0.4, 0.5) is 0 Å². The van der Waals surface area contributed by atoms with Crippen LogP contribution in [0.1, 0.15) is 26.6 Å². The Morgan fingerprint density at radius 3 is 2.86 bits per heavy atom. The number of hydrogen-bond acceptors (Lipinski definition) is 3. The Kier molecular flexibility index (Phi) is 7.41. The average Bonchev–Trinajstić information content (AvgIpc) is 2.82. The third-order valence-corrected chi connectivity index (χ3v) is 2.76. The molecule has 0 aliphatic carbocycles. The number of nitrogens with one attached hydrogen (secondary N) is 2. The molecule has 0 fully saturated rings. The minimum Gasteiger partial charge on any atom is -0.357 e. The summed E-state index contributed by atoms with van der Waals surface area (Å²) in [6, 6.07) is 6.25. The molecule has 2 N–H and O–H groups in total. The summed E-state index contributed by atoms with van der Waals surface area (Å²) in [7, 11) is 0. The van der Waals surface area contributed by atoms with Crippen LogP contribution < -0.4 is 10.6 Å². The van der Waals surface area contributed by atoms with Crippen LogP contribution in [-0.2, 0) is 6.42 Å². The van der Waals surface area contributed by atoms with Crippen molar-refractivity contribution in [3.05, 3.63) is 30.2 Å². The summed E-state index contributed by atoms with van der Waals surface area (Å²) in [6.45, 7) is 7.78. The van der Waals surface area contributed by atoms with Crippen molar-refractivity contribution in [2.75, 3.05) is 13.1 Å². The summed E-state index contributed by atoms with van der Waals surface area (Å²) >= 11 is 0. The number of nitrogens with zero attached hydrogens (tertiary/aromatic N) is 4. The van der Waals surface area contributed by atoms with E-state index in [1.807, 2.05) is 28.8 Å². The van der Waals surface area contributed by atoms with Gasteiger partial charge in [0.05, 0.1) is 0 Å². The van der Waals surface area contributed by atoms with Crippen molar-refractivity contribution in [2.24, 2.45) is 4.99 Å². The minimum absolute atomic E-state index is 0. The Morgan fingerprint density at radius 1 is 1.33 bits per heavy atom. The average molecular weight is 402 g/mol. The van der Waals surface area contributed by atoms with Gasteiger partial charge in [-0.3, -0.25) is 9.39 Å². The molecule has 0 aromatic carbocycles. The number of aromatic nitrogens is 3. The fourth-order valence-corrected chi connectivity index (χ4v) is 1.92. The highest BCUT2D eigenvalue weighted by Gasteiger charge is 2.04. The fourth-order valence-electron chi connectivity index (χ4n) is 1.92. The lowest BCUT2D eigenvalue weighted by atomic mass is 10.4.